The Morgan fingerprint density at radius 2 is 1.89 bits per heavy atom. The minimum Gasteiger partial charge on any atom is -0.340 e. The number of carbonyl (C=O) groups is 1. The van der Waals surface area contributed by atoms with Gasteiger partial charge in [-0.05, 0) is 37.6 Å². The molecule has 0 saturated carbocycles. The second-order valence-electron chi connectivity index (χ2n) is 7.24. The van der Waals surface area contributed by atoms with Crippen LogP contribution in [0.3, 0.4) is 0 Å². The van der Waals surface area contributed by atoms with Crippen molar-refractivity contribution in [3.63, 3.8) is 0 Å². The van der Waals surface area contributed by atoms with E-state index < -0.39 is 0 Å². The molecule has 1 aliphatic heterocycles. The Labute approximate surface area is 168 Å². The zero-order chi connectivity index (χ0) is 19.7. The van der Waals surface area contributed by atoms with E-state index in [-0.39, 0.29) is 12.3 Å². The summed E-state index contributed by atoms with van der Waals surface area (Å²) in [6.07, 6.45) is 0.205. The molecule has 0 atom stereocenters. The molecule has 8 heteroatoms. The molecule has 28 heavy (non-hydrogen) atoms. The second-order valence-corrected chi connectivity index (χ2v) is 7.68. The molecule has 1 aromatic carbocycles. The van der Waals surface area contributed by atoms with Gasteiger partial charge in [0.15, 0.2) is 5.82 Å². The van der Waals surface area contributed by atoms with Crippen molar-refractivity contribution in [2.24, 2.45) is 0 Å². The Bertz CT molecular complexity index is 1010. The molecule has 0 bridgehead atoms. The van der Waals surface area contributed by atoms with Crippen molar-refractivity contribution in [1.29, 1.82) is 0 Å². The highest BCUT2D eigenvalue weighted by Crippen LogP contribution is 2.14. The zero-order valence-electron chi connectivity index (χ0n) is 16.1. The van der Waals surface area contributed by atoms with Crippen LogP contribution in [0.5, 0.6) is 0 Å². The standard InChI is InChI=1S/C20H23ClN6O/c1-14-10-15(2)27-20(22-14)23-18(24-27)12-19(28)26-8-6-25(7-9-26)13-16-4-3-5-17(21)11-16/h3-5,10-11H,6-9,12-13H2,1-2H3. The molecule has 1 fully saturated rings. The lowest BCUT2D eigenvalue weighted by molar-refractivity contribution is -0.132. The van der Waals surface area contributed by atoms with E-state index in [1.165, 1.54) is 5.56 Å². The molecule has 2 aromatic heterocycles. The number of hydrogen-bond donors (Lipinski definition) is 0. The van der Waals surface area contributed by atoms with Gasteiger partial charge in [0.2, 0.25) is 5.91 Å². The van der Waals surface area contributed by atoms with Crippen LogP contribution in [0.15, 0.2) is 30.3 Å². The van der Waals surface area contributed by atoms with Crippen molar-refractivity contribution in [2.45, 2.75) is 26.8 Å². The molecule has 0 radical (unpaired) electrons. The van der Waals surface area contributed by atoms with Gasteiger partial charge >= 0.3 is 0 Å². The predicted molar refractivity (Wildman–Crippen MR) is 107 cm³/mol. The Morgan fingerprint density at radius 3 is 2.64 bits per heavy atom. The molecule has 3 heterocycles. The van der Waals surface area contributed by atoms with E-state index in [2.05, 4.69) is 26.0 Å². The van der Waals surface area contributed by atoms with Crippen LogP contribution in [0.2, 0.25) is 5.02 Å². The van der Waals surface area contributed by atoms with E-state index in [4.69, 9.17) is 11.6 Å². The fraction of sp³-hybridized carbons (Fsp3) is 0.400. The number of rotatable bonds is 4. The van der Waals surface area contributed by atoms with Crippen LogP contribution >= 0.6 is 11.6 Å². The largest absolute Gasteiger partial charge is 0.340 e. The summed E-state index contributed by atoms with van der Waals surface area (Å²) in [6, 6.07) is 9.87. The maximum Gasteiger partial charge on any atom is 0.252 e. The van der Waals surface area contributed by atoms with Gasteiger partial charge < -0.3 is 4.90 Å². The molecule has 0 aliphatic carbocycles. The van der Waals surface area contributed by atoms with Gasteiger partial charge in [0.05, 0.1) is 6.42 Å². The van der Waals surface area contributed by atoms with Crippen LogP contribution in [0, 0.1) is 13.8 Å². The van der Waals surface area contributed by atoms with Gasteiger partial charge in [0.1, 0.15) is 0 Å². The number of aromatic nitrogens is 4. The SMILES string of the molecule is Cc1cc(C)n2nc(CC(=O)N3CCN(Cc4cccc(Cl)c4)CC3)nc2n1. The van der Waals surface area contributed by atoms with Gasteiger partial charge in [-0.1, -0.05) is 23.7 Å². The summed E-state index contributed by atoms with van der Waals surface area (Å²) in [6.45, 7) is 7.84. The third-order valence-electron chi connectivity index (χ3n) is 4.99. The first kappa shape index (κ1) is 18.8. The van der Waals surface area contributed by atoms with E-state index in [1.807, 2.05) is 43.0 Å². The number of benzene rings is 1. The number of halogens is 1. The smallest absolute Gasteiger partial charge is 0.252 e. The number of piperazine rings is 1. The van der Waals surface area contributed by atoms with Crippen LogP contribution in [-0.4, -0.2) is 61.5 Å². The van der Waals surface area contributed by atoms with E-state index in [0.29, 0.717) is 24.7 Å². The fourth-order valence-electron chi connectivity index (χ4n) is 3.58. The lowest BCUT2D eigenvalue weighted by Gasteiger charge is -2.34. The summed E-state index contributed by atoms with van der Waals surface area (Å²) >= 11 is 6.06. The number of fused-ring (bicyclic) bond motifs is 1. The minimum absolute atomic E-state index is 0.0627. The van der Waals surface area contributed by atoms with Crippen molar-refractivity contribution in [3.8, 4) is 0 Å². The van der Waals surface area contributed by atoms with Gasteiger partial charge in [-0.3, -0.25) is 9.69 Å². The molecular formula is C20H23ClN6O. The highest BCUT2D eigenvalue weighted by atomic mass is 35.5. The quantitative estimate of drug-likeness (QED) is 0.674. The summed E-state index contributed by atoms with van der Waals surface area (Å²) in [7, 11) is 0. The molecule has 4 rings (SSSR count). The van der Waals surface area contributed by atoms with Gasteiger partial charge in [-0.2, -0.15) is 4.98 Å². The summed E-state index contributed by atoms with van der Waals surface area (Å²) in [5.74, 6) is 1.13. The predicted octanol–water partition coefficient (Wildman–Crippen LogP) is 2.28. The maximum atomic E-state index is 12.7. The zero-order valence-corrected chi connectivity index (χ0v) is 16.9. The Hall–Kier alpha value is -2.51. The molecule has 3 aromatic rings. The lowest BCUT2D eigenvalue weighted by atomic mass is 10.2. The average molecular weight is 399 g/mol. The summed E-state index contributed by atoms with van der Waals surface area (Å²) in [4.78, 5) is 25.7. The third kappa shape index (κ3) is 4.15. The number of carbonyl (C=O) groups excluding carboxylic acids is 1. The van der Waals surface area contributed by atoms with Gasteiger partial charge in [0, 0.05) is 49.1 Å². The fourth-order valence-corrected chi connectivity index (χ4v) is 3.79. The normalized spacial score (nSPS) is 15.3. The lowest BCUT2D eigenvalue weighted by Crippen LogP contribution is -2.48. The molecule has 1 amide bonds. The van der Waals surface area contributed by atoms with Gasteiger partial charge in [-0.25, -0.2) is 9.50 Å². The van der Waals surface area contributed by atoms with Crippen molar-refractivity contribution in [1.82, 2.24) is 29.4 Å². The van der Waals surface area contributed by atoms with Crippen LogP contribution < -0.4 is 0 Å². The molecule has 0 unspecified atom stereocenters. The van der Waals surface area contributed by atoms with E-state index in [9.17, 15) is 4.79 Å². The van der Waals surface area contributed by atoms with Crippen molar-refractivity contribution in [2.75, 3.05) is 26.2 Å². The van der Waals surface area contributed by atoms with Crippen LogP contribution in [0.25, 0.3) is 5.78 Å². The number of nitrogens with zero attached hydrogens (tertiary/aromatic N) is 6. The Kier molecular flexibility index (Phi) is 5.28. The van der Waals surface area contributed by atoms with E-state index in [0.717, 1.165) is 36.0 Å². The second kappa shape index (κ2) is 7.85. The average Bonchev–Trinajstić information content (AvgIpc) is 3.05. The number of hydrogen-bond acceptors (Lipinski definition) is 5. The first-order chi connectivity index (χ1) is 13.5. The maximum absolute atomic E-state index is 12.7. The molecule has 7 nitrogen and oxygen atoms in total. The summed E-state index contributed by atoms with van der Waals surface area (Å²) in [5.41, 5.74) is 3.05. The minimum atomic E-state index is 0.0627. The van der Waals surface area contributed by atoms with Crippen LogP contribution in [0.1, 0.15) is 22.8 Å². The van der Waals surface area contributed by atoms with Crippen LogP contribution in [0.4, 0.5) is 0 Å². The molecule has 0 spiro atoms. The van der Waals surface area contributed by atoms with E-state index in [1.54, 1.807) is 4.52 Å². The molecule has 1 aliphatic rings. The topological polar surface area (TPSA) is 66.6 Å². The third-order valence-corrected chi connectivity index (χ3v) is 5.23. The molecule has 0 N–H and O–H groups in total. The first-order valence-corrected chi connectivity index (χ1v) is 9.80. The molecule has 146 valence electrons. The molecule has 1 saturated heterocycles. The number of amides is 1. The Morgan fingerprint density at radius 1 is 1.11 bits per heavy atom. The number of aryl methyl sites for hydroxylation is 2. The van der Waals surface area contributed by atoms with Gasteiger partial charge in [0.25, 0.3) is 5.78 Å². The van der Waals surface area contributed by atoms with Crippen molar-refractivity contribution >= 4 is 23.3 Å². The first-order valence-electron chi connectivity index (χ1n) is 9.42. The summed E-state index contributed by atoms with van der Waals surface area (Å²) in [5, 5.41) is 5.20. The highest BCUT2D eigenvalue weighted by Gasteiger charge is 2.22. The van der Waals surface area contributed by atoms with Gasteiger partial charge in [-0.15, -0.1) is 5.10 Å². The highest BCUT2D eigenvalue weighted by molar-refractivity contribution is 6.30. The van der Waals surface area contributed by atoms with Crippen molar-refractivity contribution < 1.29 is 4.79 Å². The van der Waals surface area contributed by atoms with Crippen molar-refractivity contribution in [3.05, 3.63) is 58.1 Å². The summed E-state index contributed by atoms with van der Waals surface area (Å²) < 4.78 is 1.69. The van der Waals surface area contributed by atoms with Crippen LogP contribution in [-0.2, 0) is 17.8 Å². The van der Waals surface area contributed by atoms with E-state index >= 15 is 0 Å². The molecular weight excluding hydrogens is 376 g/mol. The Balaban J connectivity index is 1.34. The monoisotopic (exact) mass is 398 g/mol.